The van der Waals surface area contributed by atoms with Gasteiger partial charge in [-0.15, -0.1) is 11.3 Å². The van der Waals surface area contributed by atoms with E-state index in [0.29, 0.717) is 23.6 Å². The summed E-state index contributed by atoms with van der Waals surface area (Å²) in [6.45, 7) is 5.69. The van der Waals surface area contributed by atoms with Crippen LogP contribution in [0.1, 0.15) is 40.8 Å². The van der Waals surface area contributed by atoms with Crippen LogP contribution in [0.2, 0.25) is 0 Å². The van der Waals surface area contributed by atoms with Gasteiger partial charge in [0, 0.05) is 17.8 Å². The highest BCUT2D eigenvalue weighted by molar-refractivity contribution is 7.91. The first kappa shape index (κ1) is 21.9. The molecule has 2 N–H and O–H groups in total. The molecular formula is C21H23N3O4S2. The van der Waals surface area contributed by atoms with E-state index in [1.165, 1.54) is 0 Å². The van der Waals surface area contributed by atoms with Crippen molar-refractivity contribution in [2.24, 2.45) is 0 Å². The molecule has 0 spiro atoms. The van der Waals surface area contributed by atoms with Gasteiger partial charge in [-0.25, -0.2) is 13.1 Å². The number of amides is 1. The number of hydrogen-bond donors (Lipinski definition) is 2. The summed E-state index contributed by atoms with van der Waals surface area (Å²) >= 11 is 1.14. The molecule has 0 bridgehead atoms. The molecule has 0 fully saturated rings. The lowest BCUT2D eigenvalue weighted by Gasteiger charge is -2.05. The van der Waals surface area contributed by atoms with Gasteiger partial charge in [0.2, 0.25) is 15.9 Å². The van der Waals surface area contributed by atoms with Gasteiger partial charge in [-0.1, -0.05) is 41.9 Å². The first-order valence-corrected chi connectivity index (χ1v) is 11.7. The molecule has 3 rings (SSSR count). The summed E-state index contributed by atoms with van der Waals surface area (Å²) in [5.74, 6) is 0.268. The molecule has 0 aliphatic heterocycles. The van der Waals surface area contributed by atoms with Gasteiger partial charge in [-0.05, 0) is 43.7 Å². The molecule has 0 saturated heterocycles. The third-order valence-corrected chi connectivity index (χ3v) is 7.23. The van der Waals surface area contributed by atoms with E-state index in [1.54, 1.807) is 38.1 Å². The van der Waals surface area contributed by atoms with Crippen molar-refractivity contribution in [2.75, 3.05) is 5.32 Å². The Morgan fingerprint density at radius 3 is 2.73 bits per heavy atom. The van der Waals surface area contributed by atoms with Gasteiger partial charge in [-0.2, -0.15) is 0 Å². The van der Waals surface area contributed by atoms with Gasteiger partial charge in [-0.3, -0.25) is 4.79 Å². The Bertz CT molecular complexity index is 1180. The van der Waals surface area contributed by atoms with Crippen molar-refractivity contribution in [1.82, 2.24) is 9.88 Å². The van der Waals surface area contributed by atoms with Crippen molar-refractivity contribution in [3.63, 3.8) is 0 Å². The maximum atomic E-state index is 12.6. The number of nitrogens with one attached hydrogen (secondary N) is 2. The number of thiophene rings is 1. The number of benzene rings is 1. The Labute approximate surface area is 179 Å². The minimum Gasteiger partial charge on any atom is -0.354 e. The van der Waals surface area contributed by atoms with E-state index in [1.807, 2.05) is 31.2 Å². The Morgan fingerprint density at radius 2 is 2.00 bits per heavy atom. The molecule has 30 heavy (non-hydrogen) atoms. The first-order chi connectivity index (χ1) is 14.3. The van der Waals surface area contributed by atoms with Crippen LogP contribution in [0.25, 0.3) is 12.2 Å². The van der Waals surface area contributed by atoms with Gasteiger partial charge in [0.1, 0.15) is 15.6 Å². The summed E-state index contributed by atoms with van der Waals surface area (Å²) in [4.78, 5) is 12.4. The number of anilines is 1. The number of nitrogens with zero attached hydrogens (tertiary/aromatic N) is 1. The molecule has 1 aromatic carbocycles. The van der Waals surface area contributed by atoms with E-state index in [0.717, 1.165) is 27.3 Å². The van der Waals surface area contributed by atoms with Crippen molar-refractivity contribution >= 4 is 45.1 Å². The van der Waals surface area contributed by atoms with Gasteiger partial charge < -0.3 is 9.84 Å². The number of rotatable bonds is 8. The SMILES string of the molecule is CCC(=O)Nc1c(C)noc1C=Cc1ccc(S(=O)(=O)NCc2cccc(C)c2)s1. The highest BCUT2D eigenvalue weighted by atomic mass is 32.2. The molecule has 9 heteroatoms. The van der Waals surface area contributed by atoms with Crippen LogP contribution in [0.4, 0.5) is 5.69 Å². The Kier molecular flexibility index (Phi) is 6.86. The van der Waals surface area contributed by atoms with Gasteiger partial charge in [0.05, 0.1) is 0 Å². The summed E-state index contributed by atoms with van der Waals surface area (Å²) in [5, 5.41) is 6.64. The zero-order chi connectivity index (χ0) is 21.7. The lowest BCUT2D eigenvalue weighted by molar-refractivity contribution is -0.115. The number of sulfonamides is 1. The molecule has 3 aromatic rings. The zero-order valence-electron chi connectivity index (χ0n) is 16.9. The Hall–Kier alpha value is -2.75. The molecule has 0 atom stereocenters. The van der Waals surface area contributed by atoms with Crippen molar-refractivity contribution in [3.8, 4) is 0 Å². The number of aromatic nitrogens is 1. The average molecular weight is 446 g/mol. The van der Waals surface area contributed by atoms with Crippen molar-refractivity contribution < 1.29 is 17.7 Å². The van der Waals surface area contributed by atoms with Crippen LogP contribution in [0.15, 0.2) is 45.1 Å². The summed E-state index contributed by atoms with van der Waals surface area (Å²) in [6, 6.07) is 11.0. The van der Waals surface area contributed by atoms with Gasteiger partial charge >= 0.3 is 0 Å². The molecule has 0 aliphatic carbocycles. The third kappa shape index (κ3) is 5.44. The van der Waals surface area contributed by atoms with E-state index in [4.69, 9.17) is 4.52 Å². The molecule has 158 valence electrons. The fourth-order valence-electron chi connectivity index (χ4n) is 2.68. The lowest BCUT2D eigenvalue weighted by atomic mass is 10.1. The van der Waals surface area contributed by atoms with Gasteiger partial charge in [0.15, 0.2) is 5.76 Å². The molecule has 0 saturated carbocycles. The standard InChI is InChI=1S/C21H23N3O4S2/c1-4-19(25)23-21-15(3)24-28-18(21)10-8-17-9-11-20(29-17)30(26,27)22-13-16-7-5-6-14(2)12-16/h5-12,22H,4,13H2,1-3H3,(H,23,25). The number of carbonyl (C=O) groups is 1. The predicted molar refractivity (Wildman–Crippen MR) is 119 cm³/mol. The molecule has 2 aromatic heterocycles. The maximum absolute atomic E-state index is 12.6. The molecule has 7 nitrogen and oxygen atoms in total. The Balaban J connectivity index is 1.71. The van der Waals surface area contributed by atoms with E-state index in [9.17, 15) is 13.2 Å². The minimum absolute atomic E-state index is 0.139. The smallest absolute Gasteiger partial charge is 0.250 e. The normalized spacial score (nSPS) is 11.8. The van der Waals surface area contributed by atoms with Crippen LogP contribution in [-0.4, -0.2) is 19.5 Å². The van der Waals surface area contributed by atoms with Crippen LogP contribution < -0.4 is 10.0 Å². The highest BCUT2D eigenvalue weighted by Gasteiger charge is 2.17. The van der Waals surface area contributed by atoms with Crippen molar-refractivity contribution in [1.29, 1.82) is 0 Å². The summed E-state index contributed by atoms with van der Waals surface area (Å²) in [6.07, 6.45) is 3.73. The second-order valence-corrected chi connectivity index (χ2v) is 9.82. The highest BCUT2D eigenvalue weighted by Crippen LogP contribution is 2.26. The van der Waals surface area contributed by atoms with Crippen LogP contribution >= 0.6 is 11.3 Å². The quantitative estimate of drug-likeness (QED) is 0.537. The fraction of sp³-hybridized carbons (Fsp3) is 0.238. The fourth-order valence-corrected chi connectivity index (χ4v) is 4.97. The average Bonchev–Trinajstić information content (AvgIpc) is 3.33. The molecule has 0 aliphatic rings. The monoisotopic (exact) mass is 445 g/mol. The van der Waals surface area contributed by atoms with E-state index in [-0.39, 0.29) is 16.7 Å². The second-order valence-electron chi connectivity index (χ2n) is 6.71. The van der Waals surface area contributed by atoms with Crippen molar-refractivity contribution in [3.05, 3.63) is 63.9 Å². The number of aryl methyl sites for hydroxylation is 2. The van der Waals surface area contributed by atoms with Crippen LogP contribution in [0, 0.1) is 13.8 Å². The van der Waals surface area contributed by atoms with Gasteiger partial charge in [0.25, 0.3) is 0 Å². The van der Waals surface area contributed by atoms with Crippen LogP contribution in [0.5, 0.6) is 0 Å². The van der Waals surface area contributed by atoms with E-state index in [2.05, 4.69) is 15.2 Å². The van der Waals surface area contributed by atoms with E-state index >= 15 is 0 Å². The minimum atomic E-state index is -3.61. The second kappa shape index (κ2) is 9.38. The molecule has 1 amide bonds. The summed E-state index contributed by atoms with van der Waals surface area (Å²) < 4.78 is 33.3. The first-order valence-electron chi connectivity index (χ1n) is 9.37. The zero-order valence-corrected chi connectivity index (χ0v) is 18.6. The molecular weight excluding hydrogens is 422 g/mol. The molecule has 0 radical (unpaired) electrons. The van der Waals surface area contributed by atoms with E-state index < -0.39 is 10.0 Å². The predicted octanol–water partition coefficient (Wildman–Crippen LogP) is 4.35. The van der Waals surface area contributed by atoms with Crippen LogP contribution in [-0.2, 0) is 21.4 Å². The Morgan fingerprint density at radius 1 is 1.20 bits per heavy atom. The topological polar surface area (TPSA) is 101 Å². The third-order valence-electron chi connectivity index (χ3n) is 4.29. The molecule has 0 unspecified atom stereocenters. The van der Waals surface area contributed by atoms with Crippen LogP contribution in [0.3, 0.4) is 0 Å². The summed E-state index contributed by atoms with van der Waals surface area (Å²) in [7, 11) is -3.61. The number of carbonyl (C=O) groups excluding carboxylic acids is 1. The lowest BCUT2D eigenvalue weighted by Crippen LogP contribution is -2.22. The largest absolute Gasteiger partial charge is 0.354 e. The summed E-state index contributed by atoms with van der Waals surface area (Å²) in [5.41, 5.74) is 3.07. The van der Waals surface area contributed by atoms with Crippen molar-refractivity contribution in [2.45, 2.75) is 37.9 Å². The molecule has 2 heterocycles. The number of hydrogen-bond acceptors (Lipinski definition) is 6. The maximum Gasteiger partial charge on any atom is 0.250 e.